The Morgan fingerprint density at radius 2 is 2.07 bits per heavy atom. The van der Waals surface area contributed by atoms with E-state index in [9.17, 15) is 4.79 Å². The van der Waals surface area contributed by atoms with E-state index in [1.54, 1.807) is 24.5 Å². The molecule has 158 valence electrons. The van der Waals surface area contributed by atoms with Gasteiger partial charge in [-0.3, -0.25) is 9.69 Å². The van der Waals surface area contributed by atoms with Gasteiger partial charge in [-0.2, -0.15) is 0 Å². The lowest BCUT2D eigenvalue weighted by Crippen LogP contribution is -3.14. The molecule has 2 aromatic carbocycles. The molecule has 0 aliphatic carbocycles. The molecule has 0 unspecified atom stereocenters. The number of amides is 1. The Labute approximate surface area is 181 Å². The number of quaternary nitrogens is 1. The minimum Gasteiger partial charge on any atom is -0.497 e. The highest BCUT2D eigenvalue weighted by molar-refractivity contribution is 7.22. The minimum atomic E-state index is -0.0451. The Morgan fingerprint density at radius 3 is 2.83 bits per heavy atom. The van der Waals surface area contributed by atoms with Crippen molar-refractivity contribution < 1.29 is 19.2 Å². The van der Waals surface area contributed by atoms with E-state index in [0.717, 1.165) is 54.6 Å². The van der Waals surface area contributed by atoms with Crippen molar-refractivity contribution in [2.24, 2.45) is 0 Å². The topological polar surface area (TPSA) is 56.1 Å². The second kappa shape index (κ2) is 9.55. The first-order valence-corrected chi connectivity index (χ1v) is 11.3. The summed E-state index contributed by atoms with van der Waals surface area (Å²) in [6.07, 6.45) is 0.982. The van der Waals surface area contributed by atoms with Crippen LogP contribution < -0.4 is 14.5 Å². The van der Waals surface area contributed by atoms with Gasteiger partial charge < -0.3 is 14.4 Å². The van der Waals surface area contributed by atoms with Crippen molar-refractivity contribution in [3.63, 3.8) is 0 Å². The molecular weight excluding hydrogens is 398 g/mol. The first kappa shape index (κ1) is 20.8. The van der Waals surface area contributed by atoms with E-state index >= 15 is 0 Å². The lowest BCUT2D eigenvalue weighted by molar-refractivity contribution is -0.906. The smallest absolute Gasteiger partial charge is 0.260 e. The first-order chi connectivity index (χ1) is 14.7. The van der Waals surface area contributed by atoms with Gasteiger partial charge in [-0.25, -0.2) is 4.98 Å². The zero-order valence-electron chi connectivity index (χ0n) is 17.5. The molecule has 0 spiro atoms. The fourth-order valence-electron chi connectivity index (χ4n) is 3.67. The largest absolute Gasteiger partial charge is 0.497 e. The van der Waals surface area contributed by atoms with Crippen LogP contribution in [0.15, 0.2) is 42.5 Å². The monoisotopic (exact) mass is 426 g/mol. The Balaban J connectivity index is 1.64. The van der Waals surface area contributed by atoms with Gasteiger partial charge >= 0.3 is 0 Å². The number of carbonyl (C=O) groups excluding carboxylic acids is 1. The minimum absolute atomic E-state index is 0.0451. The molecule has 2 heterocycles. The first-order valence-electron chi connectivity index (χ1n) is 10.4. The molecular formula is C23H28N3O3S+. The van der Waals surface area contributed by atoms with Gasteiger partial charge in [0.05, 0.1) is 43.6 Å². The lowest BCUT2D eigenvalue weighted by atomic mass is 10.2. The standard InChI is InChI=1S/C23H27N3O3S/c1-3-17-7-8-20-21(15-17)30-23(24-20)26(10-9-25-11-13-29-14-12-25)22(27)18-5-4-6-19(16-18)28-2/h4-8,15-16H,3,9-14H2,1-2H3/p+1. The van der Waals surface area contributed by atoms with Crippen LogP contribution in [-0.2, 0) is 11.2 Å². The Kier molecular flexibility index (Phi) is 6.62. The summed E-state index contributed by atoms with van der Waals surface area (Å²) < 4.78 is 11.9. The quantitative estimate of drug-likeness (QED) is 0.631. The maximum absolute atomic E-state index is 13.5. The van der Waals surface area contributed by atoms with E-state index < -0.39 is 0 Å². The molecule has 1 fully saturated rings. The van der Waals surface area contributed by atoms with Crippen molar-refractivity contribution in [3.05, 3.63) is 53.6 Å². The molecule has 1 aliphatic rings. The molecule has 0 radical (unpaired) electrons. The summed E-state index contributed by atoms with van der Waals surface area (Å²) in [5.41, 5.74) is 2.83. The number of fused-ring (bicyclic) bond motifs is 1. The van der Waals surface area contributed by atoms with E-state index in [4.69, 9.17) is 14.5 Å². The molecule has 1 aromatic heterocycles. The number of rotatable bonds is 7. The zero-order chi connectivity index (χ0) is 20.9. The Hall–Kier alpha value is -2.48. The van der Waals surface area contributed by atoms with Crippen molar-refractivity contribution in [1.82, 2.24) is 4.98 Å². The number of hydrogen-bond donors (Lipinski definition) is 1. The van der Waals surface area contributed by atoms with E-state index in [1.807, 2.05) is 23.1 Å². The van der Waals surface area contributed by atoms with Crippen molar-refractivity contribution in [3.8, 4) is 5.75 Å². The summed E-state index contributed by atoms with van der Waals surface area (Å²) in [7, 11) is 1.61. The van der Waals surface area contributed by atoms with Crippen molar-refractivity contribution in [2.75, 3.05) is 51.4 Å². The summed E-state index contributed by atoms with van der Waals surface area (Å²) in [5.74, 6) is 0.632. The number of thiazole rings is 1. The predicted molar refractivity (Wildman–Crippen MR) is 120 cm³/mol. The normalized spacial score (nSPS) is 14.7. The van der Waals surface area contributed by atoms with Crippen LogP contribution in [0.25, 0.3) is 10.2 Å². The molecule has 4 rings (SSSR count). The van der Waals surface area contributed by atoms with Crippen molar-refractivity contribution in [2.45, 2.75) is 13.3 Å². The molecule has 1 saturated heterocycles. The maximum atomic E-state index is 13.5. The molecule has 1 aliphatic heterocycles. The van der Waals surface area contributed by atoms with E-state index in [-0.39, 0.29) is 5.91 Å². The van der Waals surface area contributed by atoms with Gasteiger partial charge in [0, 0.05) is 5.56 Å². The third-order valence-electron chi connectivity index (χ3n) is 5.53. The van der Waals surface area contributed by atoms with Gasteiger partial charge in [-0.05, 0) is 42.3 Å². The fourth-order valence-corrected chi connectivity index (χ4v) is 4.72. The van der Waals surface area contributed by atoms with E-state index in [0.29, 0.717) is 17.9 Å². The second-order valence-corrected chi connectivity index (χ2v) is 8.46. The molecule has 0 bridgehead atoms. The molecule has 1 N–H and O–H groups in total. The molecule has 6 nitrogen and oxygen atoms in total. The third-order valence-corrected chi connectivity index (χ3v) is 6.57. The number of ether oxygens (including phenoxy) is 2. The van der Waals surface area contributed by atoms with Crippen LogP contribution in [0.4, 0.5) is 5.13 Å². The van der Waals surface area contributed by atoms with Gasteiger partial charge in [0.15, 0.2) is 5.13 Å². The Bertz CT molecular complexity index is 1010. The number of hydrogen-bond acceptors (Lipinski definition) is 5. The number of carbonyl (C=O) groups is 1. The van der Waals surface area contributed by atoms with Gasteiger partial charge in [-0.1, -0.05) is 30.4 Å². The van der Waals surface area contributed by atoms with Crippen molar-refractivity contribution >= 4 is 32.6 Å². The number of methoxy groups -OCH3 is 1. The molecule has 1 amide bonds. The van der Waals surface area contributed by atoms with E-state index in [1.165, 1.54) is 10.5 Å². The number of anilines is 1. The highest BCUT2D eigenvalue weighted by Crippen LogP contribution is 2.30. The molecule has 30 heavy (non-hydrogen) atoms. The highest BCUT2D eigenvalue weighted by Gasteiger charge is 2.24. The molecule has 3 aromatic rings. The molecule has 0 atom stereocenters. The summed E-state index contributed by atoms with van der Waals surface area (Å²) >= 11 is 1.58. The van der Waals surface area contributed by atoms with E-state index in [2.05, 4.69) is 25.1 Å². The summed E-state index contributed by atoms with van der Waals surface area (Å²) in [6.45, 7) is 7.13. The number of nitrogens with one attached hydrogen (secondary N) is 1. The summed E-state index contributed by atoms with van der Waals surface area (Å²) in [4.78, 5) is 21.6. The van der Waals surface area contributed by atoms with Crippen LogP contribution in [0.2, 0.25) is 0 Å². The van der Waals surface area contributed by atoms with Crippen LogP contribution >= 0.6 is 11.3 Å². The van der Waals surface area contributed by atoms with Crippen LogP contribution in [-0.4, -0.2) is 57.4 Å². The average Bonchev–Trinajstić information content (AvgIpc) is 3.22. The number of aromatic nitrogens is 1. The summed E-state index contributed by atoms with van der Waals surface area (Å²) in [5, 5.41) is 0.749. The third kappa shape index (κ3) is 4.64. The van der Waals surface area contributed by atoms with Crippen LogP contribution in [0.3, 0.4) is 0 Å². The molecule has 7 heteroatoms. The van der Waals surface area contributed by atoms with Crippen LogP contribution in [0.1, 0.15) is 22.8 Å². The number of nitrogens with zero attached hydrogens (tertiary/aromatic N) is 2. The number of benzene rings is 2. The van der Waals surface area contributed by atoms with Gasteiger partial charge in [0.1, 0.15) is 18.8 Å². The SMILES string of the molecule is CCc1ccc2nc(N(CC[NH+]3CCOCC3)C(=O)c3cccc(OC)c3)sc2c1. The van der Waals surface area contributed by atoms with Gasteiger partial charge in [0.2, 0.25) is 0 Å². The number of morpholine rings is 1. The van der Waals surface area contributed by atoms with Gasteiger partial charge in [-0.15, -0.1) is 0 Å². The highest BCUT2D eigenvalue weighted by atomic mass is 32.1. The zero-order valence-corrected chi connectivity index (χ0v) is 18.3. The second-order valence-electron chi connectivity index (χ2n) is 7.45. The fraction of sp³-hybridized carbons (Fsp3) is 0.391. The lowest BCUT2D eigenvalue weighted by Gasteiger charge is -2.27. The Morgan fingerprint density at radius 1 is 1.23 bits per heavy atom. The summed E-state index contributed by atoms with van der Waals surface area (Å²) in [6, 6.07) is 13.7. The maximum Gasteiger partial charge on any atom is 0.260 e. The molecule has 0 saturated carbocycles. The number of aryl methyl sites for hydroxylation is 1. The van der Waals surface area contributed by atoms with Crippen LogP contribution in [0, 0.1) is 0 Å². The van der Waals surface area contributed by atoms with Gasteiger partial charge in [0.25, 0.3) is 5.91 Å². The van der Waals surface area contributed by atoms with Crippen molar-refractivity contribution in [1.29, 1.82) is 0 Å². The average molecular weight is 427 g/mol. The van der Waals surface area contributed by atoms with Crippen LogP contribution in [0.5, 0.6) is 5.75 Å². The predicted octanol–water partition coefficient (Wildman–Crippen LogP) is 2.43.